The maximum Gasteiger partial charge on any atom is 0.329 e. The standard InChI is InChI=1S/C12H22N2O5S/c1-4-14(12(2,3)10(15)16)11(17)13-9-6-5-7-20(18,19)8-9/h9H,4-8H2,1-3H3,(H,13,17)(H,15,16). The van der Waals surface area contributed by atoms with E-state index in [-0.39, 0.29) is 18.1 Å². The Balaban J connectivity index is 2.76. The van der Waals surface area contributed by atoms with Gasteiger partial charge < -0.3 is 15.3 Å². The third kappa shape index (κ3) is 3.84. The van der Waals surface area contributed by atoms with Gasteiger partial charge in [0, 0.05) is 12.6 Å². The van der Waals surface area contributed by atoms with Crippen LogP contribution in [0.3, 0.4) is 0 Å². The van der Waals surface area contributed by atoms with Crippen LogP contribution in [-0.2, 0) is 14.6 Å². The van der Waals surface area contributed by atoms with Crippen molar-refractivity contribution in [3.05, 3.63) is 0 Å². The minimum atomic E-state index is -3.11. The van der Waals surface area contributed by atoms with Crippen molar-refractivity contribution < 1.29 is 23.1 Å². The second-order valence-corrected chi connectivity index (χ2v) is 7.74. The number of rotatable bonds is 4. The molecule has 1 heterocycles. The topological polar surface area (TPSA) is 104 Å². The summed E-state index contributed by atoms with van der Waals surface area (Å²) < 4.78 is 23.1. The van der Waals surface area contributed by atoms with E-state index < -0.39 is 33.4 Å². The minimum absolute atomic E-state index is 0.0796. The number of nitrogens with one attached hydrogen (secondary N) is 1. The Morgan fingerprint density at radius 1 is 1.40 bits per heavy atom. The first-order chi connectivity index (χ1) is 9.10. The number of carboxylic acids is 1. The van der Waals surface area contributed by atoms with Gasteiger partial charge in [-0.05, 0) is 33.6 Å². The van der Waals surface area contributed by atoms with E-state index in [9.17, 15) is 18.0 Å². The first-order valence-corrected chi connectivity index (χ1v) is 8.44. The summed E-state index contributed by atoms with van der Waals surface area (Å²) in [5, 5.41) is 11.8. The van der Waals surface area contributed by atoms with E-state index in [0.717, 1.165) is 0 Å². The smallest absolute Gasteiger partial charge is 0.329 e. The van der Waals surface area contributed by atoms with Crippen LogP contribution in [0.1, 0.15) is 33.6 Å². The van der Waals surface area contributed by atoms with Gasteiger partial charge in [0.2, 0.25) is 0 Å². The molecule has 1 rings (SSSR count). The molecule has 1 fully saturated rings. The average molecular weight is 306 g/mol. The lowest BCUT2D eigenvalue weighted by molar-refractivity contribution is -0.147. The van der Waals surface area contributed by atoms with Gasteiger partial charge in [-0.15, -0.1) is 0 Å². The zero-order chi connectivity index (χ0) is 15.6. The molecular formula is C12H22N2O5S. The fourth-order valence-electron chi connectivity index (χ4n) is 2.30. The summed E-state index contributed by atoms with van der Waals surface area (Å²) >= 11 is 0. The molecule has 20 heavy (non-hydrogen) atoms. The largest absolute Gasteiger partial charge is 0.480 e. The van der Waals surface area contributed by atoms with E-state index in [1.165, 1.54) is 18.7 Å². The van der Waals surface area contributed by atoms with E-state index in [1.54, 1.807) is 6.92 Å². The molecule has 0 aromatic carbocycles. The van der Waals surface area contributed by atoms with Gasteiger partial charge in [0.25, 0.3) is 0 Å². The number of nitrogens with zero attached hydrogens (tertiary/aromatic N) is 1. The number of likely N-dealkylation sites (N-methyl/N-ethyl adjacent to an activating group) is 1. The highest BCUT2D eigenvalue weighted by molar-refractivity contribution is 7.91. The summed E-state index contributed by atoms with van der Waals surface area (Å²) in [6, 6.07) is -0.984. The van der Waals surface area contributed by atoms with Crippen LogP contribution in [0.2, 0.25) is 0 Å². The van der Waals surface area contributed by atoms with Crippen LogP contribution >= 0.6 is 0 Å². The summed E-state index contributed by atoms with van der Waals surface area (Å²) in [6.45, 7) is 4.79. The molecule has 0 aliphatic carbocycles. The first kappa shape index (κ1) is 16.7. The number of amides is 2. The van der Waals surface area contributed by atoms with Gasteiger partial charge in [0.15, 0.2) is 9.84 Å². The molecule has 2 amide bonds. The molecule has 0 aromatic rings. The number of urea groups is 1. The zero-order valence-electron chi connectivity index (χ0n) is 12.0. The fourth-order valence-corrected chi connectivity index (χ4v) is 3.93. The molecule has 8 heteroatoms. The Kier molecular flexibility index (Phi) is 5.01. The van der Waals surface area contributed by atoms with Crippen molar-refractivity contribution in [2.24, 2.45) is 0 Å². The monoisotopic (exact) mass is 306 g/mol. The Hall–Kier alpha value is -1.31. The number of aliphatic carboxylic acids is 1. The molecule has 1 unspecified atom stereocenters. The van der Waals surface area contributed by atoms with Crippen LogP contribution in [0.4, 0.5) is 4.79 Å². The van der Waals surface area contributed by atoms with Crippen molar-refractivity contribution in [2.75, 3.05) is 18.1 Å². The summed E-state index contributed by atoms with van der Waals surface area (Å²) in [6.07, 6.45) is 1.11. The molecule has 0 bridgehead atoms. The van der Waals surface area contributed by atoms with Crippen LogP contribution in [0.5, 0.6) is 0 Å². The first-order valence-electron chi connectivity index (χ1n) is 6.62. The quantitative estimate of drug-likeness (QED) is 0.785. The molecule has 0 radical (unpaired) electrons. The lowest BCUT2D eigenvalue weighted by Gasteiger charge is -2.35. The lowest BCUT2D eigenvalue weighted by atomic mass is 10.0. The van der Waals surface area contributed by atoms with Gasteiger partial charge in [0.05, 0.1) is 11.5 Å². The van der Waals surface area contributed by atoms with E-state index in [2.05, 4.69) is 5.32 Å². The van der Waals surface area contributed by atoms with Gasteiger partial charge in [-0.3, -0.25) is 0 Å². The number of hydrogen-bond donors (Lipinski definition) is 2. The van der Waals surface area contributed by atoms with Crippen molar-refractivity contribution in [3.8, 4) is 0 Å². The molecule has 1 saturated heterocycles. The van der Waals surface area contributed by atoms with Gasteiger partial charge in [-0.1, -0.05) is 0 Å². The van der Waals surface area contributed by atoms with Gasteiger partial charge >= 0.3 is 12.0 Å². The zero-order valence-corrected chi connectivity index (χ0v) is 12.9. The molecular weight excluding hydrogens is 284 g/mol. The minimum Gasteiger partial charge on any atom is -0.480 e. The molecule has 0 aromatic heterocycles. The van der Waals surface area contributed by atoms with Crippen LogP contribution in [0, 0.1) is 0 Å². The molecule has 0 spiro atoms. The summed E-state index contributed by atoms with van der Waals surface area (Å²) in [4.78, 5) is 24.6. The second kappa shape index (κ2) is 5.99. The fraction of sp³-hybridized carbons (Fsp3) is 0.833. The summed E-state index contributed by atoms with van der Waals surface area (Å²) in [5.74, 6) is -1.04. The lowest BCUT2D eigenvalue weighted by Crippen LogP contribution is -2.58. The van der Waals surface area contributed by atoms with E-state index >= 15 is 0 Å². The number of carbonyl (C=O) groups is 2. The van der Waals surface area contributed by atoms with E-state index in [4.69, 9.17) is 5.11 Å². The highest BCUT2D eigenvalue weighted by atomic mass is 32.2. The van der Waals surface area contributed by atoms with E-state index in [1.807, 2.05) is 0 Å². The van der Waals surface area contributed by atoms with Crippen molar-refractivity contribution >= 4 is 21.8 Å². The summed E-state index contributed by atoms with van der Waals surface area (Å²) in [7, 11) is -3.11. The highest BCUT2D eigenvalue weighted by Gasteiger charge is 2.38. The van der Waals surface area contributed by atoms with E-state index in [0.29, 0.717) is 12.8 Å². The average Bonchev–Trinajstić information content (AvgIpc) is 2.27. The van der Waals surface area contributed by atoms with Crippen LogP contribution in [-0.4, -0.2) is 60.1 Å². The Morgan fingerprint density at radius 2 is 2.00 bits per heavy atom. The van der Waals surface area contributed by atoms with Gasteiger partial charge in [-0.2, -0.15) is 0 Å². The Bertz CT molecular complexity index is 486. The molecule has 0 saturated carbocycles. The third-order valence-corrected chi connectivity index (χ3v) is 5.37. The maximum absolute atomic E-state index is 12.2. The summed E-state index contributed by atoms with van der Waals surface area (Å²) in [5.41, 5.74) is -1.34. The van der Waals surface area contributed by atoms with Gasteiger partial charge in [-0.25, -0.2) is 18.0 Å². The predicted molar refractivity (Wildman–Crippen MR) is 74.3 cm³/mol. The third-order valence-electron chi connectivity index (χ3n) is 3.55. The Morgan fingerprint density at radius 3 is 2.45 bits per heavy atom. The van der Waals surface area contributed by atoms with Crippen LogP contribution in [0.25, 0.3) is 0 Å². The number of sulfone groups is 1. The van der Waals surface area contributed by atoms with Crippen LogP contribution < -0.4 is 5.32 Å². The maximum atomic E-state index is 12.2. The normalized spacial score (nSPS) is 22.1. The molecule has 1 aliphatic rings. The number of carbonyl (C=O) groups excluding carboxylic acids is 1. The number of hydrogen-bond acceptors (Lipinski definition) is 4. The van der Waals surface area contributed by atoms with Gasteiger partial charge in [0.1, 0.15) is 5.54 Å². The molecule has 1 aliphatic heterocycles. The second-order valence-electron chi connectivity index (χ2n) is 5.51. The van der Waals surface area contributed by atoms with Crippen molar-refractivity contribution in [3.63, 3.8) is 0 Å². The molecule has 1 atom stereocenters. The predicted octanol–water partition coefficient (Wildman–Crippen LogP) is 0.458. The van der Waals surface area contributed by atoms with Crippen molar-refractivity contribution in [2.45, 2.75) is 45.2 Å². The molecule has 7 nitrogen and oxygen atoms in total. The molecule has 116 valence electrons. The Labute approximate surface area is 119 Å². The van der Waals surface area contributed by atoms with Crippen molar-refractivity contribution in [1.82, 2.24) is 10.2 Å². The highest BCUT2D eigenvalue weighted by Crippen LogP contribution is 2.17. The van der Waals surface area contributed by atoms with Crippen LogP contribution in [0.15, 0.2) is 0 Å². The number of carboxylic acid groups (broad SMARTS) is 1. The van der Waals surface area contributed by atoms with Crippen molar-refractivity contribution in [1.29, 1.82) is 0 Å². The SMILES string of the molecule is CCN(C(=O)NC1CCCS(=O)(=O)C1)C(C)(C)C(=O)O. The molecule has 2 N–H and O–H groups in total.